The minimum Gasteiger partial charge on any atom is -0.481 e. The third-order valence-corrected chi connectivity index (χ3v) is 2.28. The molecule has 0 aromatic heterocycles. The predicted octanol–water partition coefficient (Wildman–Crippen LogP) is 2.09. The summed E-state index contributed by atoms with van der Waals surface area (Å²) < 4.78 is 39.4. The van der Waals surface area contributed by atoms with Crippen molar-refractivity contribution < 1.29 is 27.9 Å². The smallest absolute Gasteiger partial charge is 0.305 e. The highest BCUT2D eigenvalue weighted by atomic mass is 19.1. The van der Waals surface area contributed by atoms with Crippen LogP contribution in [0.3, 0.4) is 0 Å². The van der Waals surface area contributed by atoms with Gasteiger partial charge in [-0.05, 0) is 13.8 Å². The van der Waals surface area contributed by atoms with Crippen molar-refractivity contribution in [2.75, 3.05) is 0 Å². The number of hydrogen-bond donors (Lipinski definition) is 2. The topological polar surface area (TPSA) is 66.4 Å². The molecule has 104 valence electrons. The van der Waals surface area contributed by atoms with Crippen molar-refractivity contribution >= 4 is 11.9 Å². The highest BCUT2D eigenvalue weighted by molar-refractivity contribution is 5.95. The first kappa shape index (κ1) is 15.0. The van der Waals surface area contributed by atoms with Crippen LogP contribution < -0.4 is 5.32 Å². The summed E-state index contributed by atoms with van der Waals surface area (Å²) in [5, 5.41) is 10.8. The molecule has 0 aliphatic heterocycles. The first-order chi connectivity index (χ1) is 8.62. The van der Waals surface area contributed by atoms with Crippen molar-refractivity contribution in [1.29, 1.82) is 0 Å². The Labute approximate surface area is 107 Å². The molecule has 0 unspecified atom stereocenters. The molecule has 0 spiro atoms. The van der Waals surface area contributed by atoms with Crippen LogP contribution in [-0.4, -0.2) is 22.5 Å². The summed E-state index contributed by atoms with van der Waals surface area (Å²) in [5.74, 6) is -6.15. The van der Waals surface area contributed by atoms with E-state index in [0.717, 1.165) is 0 Å². The van der Waals surface area contributed by atoms with E-state index < -0.39 is 46.9 Å². The molecule has 19 heavy (non-hydrogen) atoms. The van der Waals surface area contributed by atoms with Gasteiger partial charge in [0.1, 0.15) is 23.0 Å². The molecule has 0 saturated heterocycles. The number of carbonyl (C=O) groups excluding carboxylic acids is 1. The second kappa shape index (κ2) is 5.29. The zero-order valence-electron chi connectivity index (χ0n) is 10.3. The van der Waals surface area contributed by atoms with E-state index in [1.54, 1.807) is 0 Å². The van der Waals surface area contributed by atoms with E-state index in [2.05, 4.69) is 5.32 Å². The molecule has 0 aliphatic carbocycles. The van der Waals surface area contributed by atoms with E-state index in [-0.39, 0.29) is 0 Å². The van der Waals surface area contributed by atoms with Crippen molar-refractivity contribution in [1.82, 2.24) is 5.32 Å². The van der Waals surface area contributed by atoms with Crippen molar-refractivity contribution in [3.63, 3.8) is 0 Å². The molecule has 7 heteroatoms. The van der Waals surface area contributed by atoms with Gasteiger partial charge in [0.05, 0.1) is 6.42 Å². The van der Waals surface area contributed by atoms with Crippen LogP contribution in [-0.2, 0) is 4.79 Å². The largest absolute Gasteiger partial charge is 0.481 e. The molecule has 0 radical (unpaired) electrons. The molecule has 0 bridgehead atoms. The predicted molar refractivity (Wildman–Crippen MR) is 60.1 cm³/mol. The van der Waals surface area contributed by atoms with Crippen molar-refractivity contribution in [2.24, 2.45) is 0 Å². The SMILES string of the molecule is CC(C)(CC(=O)O)NC(=O)c1c(F)cc(F)cc1F. The van der Waals surface area contributed by atoms with Gasteiger partial charge in [0.2, 0.25) is 0 Å². The summed E-state index contributed by atoms with van der Waals surface area (Å²) in [6.45, 7) is 2.77. The number of rotatable bonds is 4. The van der Waals surface area contributed by atoms with E-state index >= 15 is 0 Å². The Morgan fingerprint density at radius 2 is 1.68 bits per heavy atom. The summed E-state index contributed by atoms with van der Waals surface area (Å²) in [6.07, 6.45) is -0.427. The molecule has 0 aliphatic rings. The van der Waals surface area contributed by atoms with Crippen molar-refractivity contribution in [3.8, 4) is 0 Å². The highest BCUT2D eigenvalue weighted by Crippen LogP contribution is 2.17. The summed E-state index contributed by atoms with van der Waals surface area (Å²) in [6, 6.07) is 0.754. The van der Waals surface area contributed by atoms with Gasteiger partial charge in [-0.2, -0.15) is 0 Å². The van der Waals surface area contributed by atoms with Crippen molar-refractivity contribution in [3.05, 3.63) is 35.1 Å². The Bertz CT molecular complexity index is 506. The molecular formula is C12H12F3NO3. The number of carbonyl (C=O) groups is 2. The van der Waals surface area contributed by atoms with Gasteiger partial charge < -0.3 is 10.4 Å². The average Bonchev–Trinajstić information content (AvgIpc) is 2.10. The number of nitrogens with one attached hydrogen (secondary N) is 1. The van der Waals surface area contributed by atoms with Crippen LogP contribution in [0.2, 0.25) is 0 Å². The summed E-state index contributed by atoms with van der Waals surface area (Å²) >= 11 is 0. The number of amides is 1. The lowest BCUT2D eigenvalue weighted by atomic mass is 10.00. The van der Waals surface area contributed by atoms with Crippen LogP contribution in [0.1, 0.15) is 30.6 Å². The van der Waals surface area contributed by atoms with Crippen LogP contribution in [0.4, 0.5) is 13.2 Å². The molecule has 0 saturated carbocycles. The Balaban J connectivity index is 2.99. The van der Waals surface area contributed by atoms with Gasteiger partial charge in [-0.25, -0.2) is 13.2 Å². The first-order valence-corrected chi connectivity index (χ1v) is 5.31. The molecule has 1 aromatic rings. The van der Waals surface area contributed by atoms with Gasteiger partial charge in [0.15, 0.2) is 0 Å². The normalized spacial score (nSPS) is 11.2. The average molecular weight is 275 g/mol. The second-order valence-corrected chi connectivity index (χ2v) is 4.65. The Morgan fingerprint density at radius 1 is 1.21 bits per heavy atom. The van der Waals surface area contributed by atoms with Crippen LogP contribution in [0, 0.1) is 17.5 Å². The van der Waals surface area contributed by atoms with Gasteiger partial charge in [0, 0.05) is 17.7 Å². The number of carboxylic acid groups (broad SMARTS) is 1. The molecule has 0 atom stereocenters. The molecule has 1 aromatic carbocycles. The van der Waals surface area contributed by atoms with Crippen LogP contribution in [0.5, 0.6) is 0 Å². The number of halogens is 3. The fraction of sp³-hybridized carbons (Fsp3) is 0.333. The maximum Gasteiger partial charge on any atom is 0.305 e. The van der Waals surface area contributed by atoms with Gasteiger partial charge in [-0.15, -0.1) is 0 Å². The molecule has 0 heterocycles. The zero-order valence-corrected chi connectivity index (χ0v) is 10.3. The van der Waals surface area contributed by atoms with Gasteiger partial charge in [-0.3, -0.25) is 9.59 Å². The van der Waals surface area contributed by atoms with Crippen LogP contribution >= 0.6 is 0 Å². The quantitative estimate of drug-likeness (QED) is 0.884. The highest BCUT2D eigenvalue weighted by Gasteiger charge is 2.27. The van der Waals surface area contributed by atoms with Crippen LogP contribution in [0.25, 0.3) is 0 Å². The molecule has 2 N–H and O–H groups in total. The van der Waals surface area contributed by atoms with E-state index in [4.69, 9.17) is 5.11 Å². The molecule has 1 rings (SSSR count). The number of carboxylic acids is 1. The fourth-order valence-corrected chi connectivity index (χ4v) is 1.55. The maximum atomic E-state index is 13.3. The summed E-state index contributed by atoms with van der Waals surface area (Å²) in [5.41, 5.74) is -2.14. The number of benzene rings is 1. The Morgan fingerprint density at radius 3 is 2.11 bits per heavy atom. The molecule has 1 amide bonds. The molecular weight excluding hydrogens is 263 g/mol. The maximum absolute atomic E-state index is 13.3. The van der Waals surface area contributed by atoms with E-state index in [1.807, 2.05) is 0 Å². The lowest BCUT2D eigenvalue weighted by Crippen LogP contribution is -2.45. The Kier molecular flexibility index (Phi) is 4.18. The third kappa shape index (κ3) is 3.97. The minimum absolute atomic E-state index is 0.377. The standard InChI is InChI=1S/C12H12F3NO3/c1-12(2,5-9(17)18)16-11(19)10-7(14)3-6(13)4-8(10)15/h3-4H,5H2,1-2H3,(H,16,19)(H,17,18). The first-order valence-electron chi connectivity index (χ1n) is 5.31. The lowest BCUT2D eigenvalue weighted by Gasteiger charge is -2.24. The van der Waals surface area contributed by atoms with Gasteiger partial charge >= 0.3 is 5.97 Å². The Hall–Kier alpha value is -2.05. The van der Waals surface area contributed by atoms with Crippen LogP contribution in [0.15, 0.2) is 12.1 Å². The summed E-state index contributed by atoms with van der Waals surface area (Å²) in [4.78, 5) is 22.3. The number of aliphatic carboxylic acids is 1. The molecule has 4 nitrogen and oxygen atoms in total. The zero-order chi connectivity index (χ0) is 14.8. The second-order valence-electron chi connectivity index (χ2n) is 4.65. The minimum atomic E-state index is -1.35. The van der Waals surface area contributed by atoms with Gasteiger partial charge in [0.25, 0.3) is 5.91 Å². The van der Waals surface area contributed by atoms with E-state index in [0.29, 0.717) is 12.1 Å². The monoisotopic (exact) mass is 275 g/mol. The van der Waals surface area contributed by atoms with E-state index in [9.17, 15) is 22.8 Å². The molecule has 0 fully saturated rings. The summed E-state index contributed by atoms with van der Waals surface area (Å²) in [7, 11) is 0. The van der Waals surface area contributed by atoms with E-state index in [1.165, 1.54) is 13.8 Å². The third-order valence-electron chi connectivity index (χ3n) is 2.28. The van der Waals surface area contributed by atoms with Crippen molar-refractivity contribution in [2.45, 2.75) is 25.8 Å². The lowest BCUT2D eigenvalue weighted by molar-refractivity contribution is -0.138. The van der Waals surface area contributed by atoms with Gasteiger partial charge in [-0.1, -0.05) is 0 Å². The fourth-order valence-electron chi connectivity index (χ4n) is 1.55. The number of hydrogen-bond acceptors (Lipinski definition) is 2.